The molecule has 1 aromatic heterocycles. The Morgan fingerprint density at radius 1 is 1.12 bits per heavy atom. The zero-order valence-corrected chi connectivity index (χ0v) is 15.0. The van der Waals surface area contributed by atoms with Gasteiger partial charge in [0, 0.05) is 22.5 Å². The molecule has 2 N–H and O–H groups in total. The summed E-state index contributed by atoms with van der Waals surface area (Å²) in [4.78, 5) is 20.1. The fraction of sp³-hybridized carbons (Fsp3) is 0.105. The van der Waals surface area contributed by atoms with Crippen LogP contribution < -0.4 is 15.4 Å². The normalized spacial score (nSPS) is 10.3. The molecule has 7 heteroatoms. The Balaban J connectivity index is 1.82. The SMILES string of the molecule is COc1ccc(Cl)cc1Nc1ccnc(Nc2cccc(C(C)=O)c2)n1. The number of anilines is 4. The molecular formula is C19H17ClN4O2. The van der Waals surface area contributed by atoms with Gasteiger partial charge in [0.1, 0.15) is 11.6 Å². The number of halogens is 1. The first-order chi connectivity index (χ1) is 12.5. The van der Waals surface area contributed by atoms with Crippen molar-refractivity contribution in [3.05, 3.63) is 65.3 Å². The van der Waals surface area contributed by atoms with Gasteiger partial charge in [-0.2, -0.15) is 4.98 Å². The minimum absolute atomic E-state index is 0.00182. The number of hydrogen-bond acceptors (Lipinski definition) is 6. The number of carbonyl (C=O) groups excluding carboxylic acids is 1. The van der Waals surface area contributed by atoms with Gasteiger partial charge in [-0.3, -0.25) is 4.79 Å². The lowest BCUT2D eigenvalue weighted by Gasteiger charge is -2.12. The van der Waals surface area contributed by atoms with Gasteiger partial charge in [-0.25, -0.2) is 4.98 Å². The summed E-state index contributed by atoms with van der Waals surface area (Å²) in [5, 5.41) is 6.84. The van der Waals surface area contributed by atoms with Crippen LogP contribution in [-0.2, 0) is 0 Å². The summed E-state index contributed by atoms with van der Waals surface area (Å²) in [5.41, 5.74) is 2.05. The Hall–Kier alpha value is -3.12. The maximum absolute atomic E-state index is 11.5. The minimum atomic E-state index is -0.00182. The van der Waals surface area contributed by atoms with E-state index in [1.165, 1.54) is 6.92 Å². The summed E-state index contributed by atoms with van der Waals surface area (Å²) < 4.78 is 5.32. The Kier molecular flexibility index (Phi) is 5.34. The lowest BCUT2D eigenvalue weighted by Crippen LogP contribution is -2.02. The number of nitrogens with one attached hydrogen (secondary N) is 2. The van der Waals surface area contributed by atoms with Crippen LogP contribution in [0.1, 0.15) is 17.3 Å². The van der Waals surface area contributed by atoms with Gasteiger partial charge in [0.25, 0.3) is 0 Å². The molecule has 0 amide bonds. The van der Waals surface area contributed by atoms with Gasteiger partial charge in [-0.1, -0.05) is 23.7 Å². The first-order valence-corrected chi connectivity index (χ1v) is 8.24. The highest BCUT2D eigenvalue weighted by molar-refractivity contribution is 6.31. The fourth-order valence-electron chi connectivity index (χ4n) is 2.35. The number of hydrogen-bond donors (Lipinski definition) is 2. The van der Waals surface area contributed by atoms with E-state index >= 15 is 0 Å². The third-order valence-corrected chi connectivity index (χ3v) is 3.84. The van der Waals surface area contributed by atoms with Crippen LogP contribution in [0.4, 0.5) is 23.1 Å². The number of ketones is 1. The molecule has 0 bridgehead atoms. The van der Waals surface area contributed by atoms with Crippen LogP contribution in [0.2, 0.25) is 5.02 Å². The van der Waals surface area contributed by atoms with Crippen LogP contribution in [0.5, 0.6) is 5.75 Å². The monoisotopic (exact) mass is 368 g/mol. The molecule has 132 valence electrons. The van der Waals surface area contributed by atoms with E-state index in [9.17, 15) is 4.79 Å². The molecule has 0 fully saturated rings. The Morgan fingerprint density at radius 3 is 2.73 bits per heavy atom. The Morgan fingerprint density at radius 2 is 1.96 bits per heavy atom. The van der Waals surface area contributed by atoms with Gasteiger partial charge < -0.3 is 15.4 Å². The van der Waals surface area contributed by atoms with Gasteiger partial charge >= 0.3 is 0 Å². The molecule has 2 aromatic carbocycles. The van der Waals surface area contributed by atoms with Crippen LogP contribution in [-0.4, -0.2) is 22.9 Å². The smallest absolute Gasteiger partial charge is 0.229 e. The first-order valence-electron chi connectivity index (χ1n) is 7.87. The van der Waals surface area contributed by atoms with Gasteiger partial charge in [-0.05, 0) is 43.3 Å². The number of carbonyl (C=O) groups is 1. The molecule has 3 rings (SSSR count). The lowest BCUT2D eigenvalue weighted by atomic mass is 10.1. The van der Waals surface area contributed by atoms with E-state index < -0.39 is 0 Å². The predicted octanol–water partition coefficient (Wildman–Crippen LogP) is 4.83. The molecule has 0 aliphatic rings. The van der Waals surface area contributed by atoms with Crippen molar-refractivity contribution in [2.24, 2.45) is 0 Å². The van der Waals surface area contributed by atoms with Crippen molar-refractivity contribution in [2.45, 2.75) is 6.92 Å². The van der Waals surface area contributed by atoms with Gasteiger partial charge in [-0.15, -0.1) is 0 Å². The lowest BCUT2D eigenvalue weighted by molar-refractivity contribution is 0.101. The predicted molar refractivity (Wildman–Crippen MR) is 103 cm³/mol. The molecule has 0 atom stereocenters. The van der Waals surface area contributed by atoms with Crippen molar-refractivity contribution in [3.8, 4) is 5.75 Å². The van der Waals surface area contributed by atoms with Crippen LogP contribution >= 0.6 is 11.6 Å². The van der Waals surface area contributed by atoms with Crippen LogP contribution in [0.3, 0.4) is 0 Å². The summed E-state index contributed by atoms with van der Waals surface area (Å²) in [6, 6.07) is 14.2. The Labute approximate surface area is 156 Å². The molecule has 6 nitrogen and oxygen atoms in total. The van der Waals surface area contributed by atoms with E-state index in [1.807, 2.05) is 6.07 Å². The summed E-state index contributed by atoms with van der Waals surface area (Å²) in [6.07, 6.45) is 1.63. The van der Waals surface area contributed by atoms with E-state index in [-0.39, 0.29) is 5.78 Å². The van der Waals surface area contributed by atoms with Crippen molar-refractivity contribution < 1.29 is 9.53 Å². The second kappa shape index (κ2) is 7.84. The summed E-state index contributed by atoms with van der Waals surface area (Å²) >= 11 is 6.05. The minimum Gasteiger partial charge on any atom is -0.495 e. The van der Waals surface area contributed by atoms with Crippen molar-refractivity contribution in [1.29, 1.82) is 0 Å². The molecule has 0 spiro atoms. The first kappa shape index (κ1) is 17.7. The highest BCUT2D eigenvalue weighted by Crippen LogP contribution is 2.30. The summed E-state index contributed by atoms with van der Waals surface area (Å²) in [7, 11) is 1.59. The molecule has 0 aliphatic carbocycles. The van der Waals surface area contributed by atoms with Crippen molar-refractivity contribution in [2.75, 3.05) is 17.7 Å². The maximum Gasteiger partial charge on any atom is 0.229 e. The zero-order valence-electron chi connectivity index (χ0n) is 14.3. The molecule has 1 heterocycles. The standard InChI is InChI=1S/C19H17ClN4O2/c1-12(25)13-4-3-5-15(10-13)22-19-21-9-8-18(24-19)23-16-11-14(20)6-7-17(16)26-2/h3-11H,1-2H3,(H2,21,22,23,24). The largest absolute Gasteiger partial charge is 0.495 e. The number of aromatic nitrogens is 2. The van der Waals surface area contributed by atoms with E-state index in [0.29, 0.717) is 33.8 Å². The maximum atomic E-state index is 11.5. The average molecular weight is 369 g/mol. The number of Topliss-reactive ketones (excluding diaryl/α,β-unsaturated/α-hetero) is 1. The molecule has 0 aliphatic heterocycles. The van der Waals surface area contributed by atoms with Crippen LogP contribution in [0.25, 0.3) is 0 Å². The Bertz CT molecular complexity index is 946. The third-order valence-electron chi connectivity index (χ3n) is 3.61. The molecule has 0 saturated heterocycles. The second-order valence-corrected chi connectivity index (χ2v) is 5.93. The van der Waals surface area contributed by atoms with Crippen molar-refractivity contribution in [1.82, 2.24) is 9.97 Å². The number of methoxy groups -OCH3 is 1. The molecule has 0 saturated carbocycles. The molecule has 3 aromatic rings. The number of ether oxygens (including phenoxy) is 1. The molecule has 26 heavy (non-hydrogen) atoms. The topological polar surface area (TPSA) is 76.1 Å². The van der Waals surface area contributed by atoms with E-state index in [4.69, 9.17) is 16.3 Å². The average Bonchev–Trinajstić information content (AvgIpc) is 2.62. The summed E-state index contributed by atoms with van der Waals surface area (Å²) in [6.45, 7) is 1.53. The van der Waals surface area contributed by atoms with Gasteiger partial charge in [0.05, 0.1) is 12.8 Å². The number of rotatable bonds is 6. The molecular weight excluding hydrogens is 352 g/mol. The van der Waals surface area contributed by atoms with Crippen molar-refractivity contribution >= 4 is 40.5 Å². The van der Waals surface area contributed by atoms with Crippen molar-refractivity contribution in [3.63, 3.8) is 0 Å². The van der Waals surface area contributed by atoms with E-state index in [2.05, 4.69) is 20.6 Å². The van der Waals surface area contributed by atoms with Gasteiger partial charge in [0.2, 0.25) is 5.95 Å². The fourth-order valence-corrected chi connectivity index (χ4v) is 2.52. The summed E-state index contributed by atoms with van der Waals surface area (Å²) in [5.74, 6) is 1.62. The highest BCUT2D eigenvalue weighted by Gasteiger charge is 2.07. The van der Waals surface area contributed by atoms with Gasteiger partial charge in [0.15, 0.2) is 5.78 Å². The highest BCUT2D eigenvalue weighted by atomic mass is 35.5. The van der Waals surface area contributed by atoms with E-state index in [1.54, 1.807) is 55.8 Å². The molecule has 0 unspecified atom stereocenters. The molecule has 0 radical (unpaired) electrons. The third kappa shape index (κ3) is 4.29. The quantitative estimate of drug-likeness (QED) is 0.607. The van der Waals surface area contributed by atoms with Crippen LogP contribution in [0, 0.1) is 0 Å². The number of nitrogens with zero attached hydrogens (tertiary/aromatic N) is 2. The van der Waals surface area contributed by atoms with E-state index in [0.717, 1.165) is 5.69 Å². The zero-order chi connectivity index (χ0) is 18.5. The second-order valence-electron chi connectivity index (χ2n) is 5.50. The number of benzene rings is 2. The van der Waals surface area contributed by atoms with Crippen LogP contribution in [0.15, 0.2) is 54.7 Å².